The molecule has 3 aromatic rings. The van der Waals surface area contributed by atoms with Crippen LogP contribution in [-0.2, 0) is 0 Å². The van der Waals surface area contributed by atoms with Crippen LogP contribution in [0, 0.1) is 18.3 Å². The monoisotopic (exact) mass is 445 g/mol. The first kappa shape index (κ1) is 24.0. The van der Waals surface area contributed by atoms with Crippen molar-refractivity contribution < 1.29 is 9.53 Å². The summed E-state index contributed by atoms with van der Waals surface area (Å²) in [4.78, 5) is 13.1. The molecule has 1 saturated heterocycles. The highest BCUT2D eigenvalue weighted by Gasteiger charge is 2.27. The average Bonchev–Trinajstić information content (AvgIpc) is 3.26. The first-order valence-electron chi connectivity index (χ1n) is 11.4. The van der Waals surface area contributed by atoms with Crippen LogP contribution in [0.2, 0.25) is 0 Å². The van der Waals surface area contributed by atoms with E-state index in [2.05, 4.69) is 16.6 Å². The Kier molecular flexibility index (Phi) is 8.22. The third kappa shape index (κ3) is 5.24. The lowest BCUT2D eigenvalue weighted by atomic mass is 10.1. The van der Waals surface area contributed by atoms with Crippen molar-refractivity contribution in [2.24, 2.45) is 0 Å². The molecule has 2 heterocycles. The molecule has 0 bridgehead atoms. The zero-order chi connectivity index (χ0) is 23.8. The summed E-state index contributed by atoms with van der Waals surface area (Å²) in [5.74, 6) is 0.354. The van der Waals surface area contributed by atoms with Crippen molar-refractivity contribution in [2.75, 3.05) is 20.2 Å². The molecule has 1 amide bonds. The van der Waals surface area contributed by atoms with Gasteiger partial charge in [0.2, 0.25) is 0 Å². The Morgan fingerprint density at radius 2 is 1.73 bits per heavy atom. The number of ether oxygens (including phenoxy) is 1. The highest BCUT2D eigenvalue weighted by atomic mass is 16.5. The predicted octanol–water partition coefficient (Wildman–Crippen LogP) is 4.88. The van der Waals surface area contributed by atoms with Gasteiger partial charge in [0.1, 0.15) is 17.4 Å². The molecular weight excluding hydrogens is 414 g/mol. The van der Waals surface area contributed by atoms with Crippen LogP contribution in [0.4, 0.5) is 0 Å². The largest absolute Gasteiger partial charge is 0.497 e. The van der Waals surface area contributed by atoms with Gasteiger partial charge in [0.05, 0.1) is 18.5 Å². The summed E-state index contributed by atoms with van der Waals surface area (Å²) >= 11 is 0. The fourth-order valence-corrected chi connectivity index (χ4v) is 3.88. The number of aryl methyl sites for hydroxylation is 1. The van der Waals surface area contributed by atoms with Gasteiger partial charge in [-0.25, -0.2) is 9.69 Å². The zero-order valence-electron chi connectivity index (χ0n) is 19.8. The molecule has 0 saturated carbocycles. The third-order valence-electron chi connectivity index (χ3n) is 5.54. The summed E-state index contributed by atoms with van der Waals surface area (Å²) in [5.41, 5.74) is 6.50. The summed E-state index contributed by atoms with van der Waals surface area (Å²) in [6, 6.07) is 17.4. The number of nitriles is 1. The number of nitrogens with zero attached hydrogens (tertiary/aromatic N) is 4. The van der Waals surface area contributed by atoms with Gasteiger partial charge in [-0.3, -0.25) is 10.2 Å². The summed E-state index contributed by atoms with van der Waals surface area (Å²) in [6.07, 6.45) is 3.25. The Morgan fingerprint density at radius 1 is 1.06 bits per heavy atom. The van der Waals surface area contributed by atoms with E-state index in [9.17, 15) is 10.1 Å². The maximum atomic E-state index is 13.1. The highest BCUT2D eigenvalue weighted by Crippen LogP contribution is 2.31. The lowest BCUT2D eigenvalue weighted by Gasteiger charge is -2.26. The van der Waals surface area contributed by atoms with Gasteiger partial charge in [-0.15, -0.1) is 0 Å². The summed E-state index contributed by atoms with van der Waals surface area (Å²) in [6.45, 7) is 7.59. The Morgan fingerprint density at radius 3 is 2.33 bits per heavy atom. The van der Waals surface area contributed by atoms with Crippen molar-refractivity contribution in [3.63, 3.8) is 0 Å². The molecule has 4 rings (SSSR count). The van der Waals surface area contributed by atoms with Gasteiger partial charge >= 0.3 is 0 Å². The van der Waals surface area contributed by atoms with Gasteiger partial charge in [-0.05, 0) is 55.7 Å². The van der Waals surface area contributed by atoms with Crippen LogP contribution in [-0.4, -0.2) is 40.9 Å². The van der Waals surface area contributed by atoms with Crippen molar-refractivity contribution in [3.8, 4) is 28.8 Å². The van der Waals surface area contributed by atoms with E-state index in [0.717, 1.165) is 42.7 Å². The van der Waals surface area contributed by atoms with Crippen molar-refractivity contribution >= 4 is 5.91 Å². The third-order valence-corrected chi connectivity index (χ3v) is 5.54. The van der Waals surface area contributed by atoms with Crippen LogP contribution < -0.4 is 10.2 Å². The van der Waals surface area contributed by atoms with Crippen LogP contribution in [0.1, 0.15) is 54.7 Å². The molecule has 0 unspecified atom stereocenters. The Balaban J connectivity index is 0.00000149. The minimum absolute atomic E-state index is 0.127. The van der Waals surface area contributed by atoms with Crippen molar-refractivity contribution in [2.45, 2.75) is 40.0 Å². The molecule has 1 fully saturated rings. The van der Waals surface area contributed by atoms with E-state index < -0.39 is 0 Å². The molecule has 172 valence electrons. The second-order valence-electron chi connectivity index (χ2n) is 7.60. The molecule has 0 atom stereocenters. The van der Waals surface area contributed by atoms with Crippen LogP contribution in [0.25, 0.3) is 16.9 Å². The number of aromatic nitrogens is 2. The molecule has 1 aliphatic rings. The molecule has 33 heavy (non-hydrogen) atoms. The number of nitrogens with one attached hydrogen (secondary N) is 1. The molecule has 2 aromatic carbocycles. The van der Waals surface area contributed by atoms with Gasteiger partial charge in [-0.2, -0.15) is 10.4 Å². The lowest BCUT2D eigenvalue weighted by Crippen LogP contribution is -2.45. The molecule has 0 aliphatic carbocycles. The smallest absolute Gasteiger partial charge is 0.287 e. The number of piperidine rings is 1. The van der Waals surface area contributed by atoms with E-state index in [-0.39, 0.29) is 17.2 Å². The van der Waals surface area contributed by atoms with E-state index in [4.69, 9.17) is 4.74 Å². The number of hydrazine groups is 1. The molecule has 1 aliphatic heterocycles. The van der Waals surface area contributed by atoms with Crippen molar-refractivity contribution in [1.29, 1.82) is 5.26 Å². The number of amides is 1. The standard InChI is InChI=1S/C24H25N5O2.C2H6/c1-17-8-4-5-9-21(17)29-23(18-10-12-19(31-2)13-11-18)20(16-25)22(26-29)24(30)27-28-14-6-3-7-15-28;1-2/h4-5,8-13H,3,6-7,14-15H2,1-2H3,(H,27,30);1-2H3. The van der Waals surface area contributed by atoms with Crippen LogP contribution in [0.5, 0.6) is 5.75 Å². The number of methoxy groups -OCH3 is 1. The highest BCUT2D eigenvalue weighted by molar-refractivity contribution is 5.97. The second kappa shape index (κ2) is 11.3. The maximum absolute atomic E-state index is 13.1. The number of hydrogen-bond donors (Lipinski definition) is 1. The minimum atomic E-state index is -0.361. The number of rotatable bonds is 5. The van der Waals surface area contributed by atoms with E-state index in [1.54, 1.807) is 11.8 Å². The number of hydrogen-bond acceptors (Lipinski definition) is 5. The predicted molar refractivity (Wildman–Crippen MR) is 129 cm³/mol. The number of carbonyl (C=O) groups excluding carboxylic acids is 1. The Bertz CT molecular complexity index is 1120. The fraction of sp³-hybridized carbons (Fsp3) is 0.346. The molecule has 0 spiro atoms. The SMILES string of the molecule is CC.COc1ccc(-c2c(C#N)c(C(=O)NN3CCCCC3)nn2-c2ccccc2C)cc1. The van der Waals surface area contributed by atoms with E-state index >= 15 is 0 Å². The van der Waals surface area contributed by atoms with Crippen molar-refractivity contribution in [3.05, 3.63) is 65.4 Å². The molecule has 0 radical (unpaired) electrons. The Hall–Kier alpha value is -3.63. The normalized spacial score (nSPS) is 13.4. The minimum Gasteiger partial charge on any atom is -0.497 e. The van der Waals surface area contributed by atoms with Gasteiger partial charge in [0.15, 0.2) is 5.69 Å². The van der Waals surface area contributed by atoms with Gasteiger partial charge in [-0.1, -0.05) is 38.5 Å². The molecule has 7 nitrogen and oxygen atoms in total. The second-order valence-corrected chi connectivity index (χ2v) is 7.60. The fourth-order valence-electron chi connectivity index (χ4n) is 3.88. The van der Waals surface area contributed by atoms with Crippen LogP contribution in [0.15, 0.2) is 48.5 Å². The number of benzene rings is 2. The van der Waals surface area contributed by atoms with Gasteiger partial charge < -0.3 is 4.74 Å². The van der Waals surface area contributed by atoms with Crippen molar-refractivity contribution in [1.82, 2.24) is 20.2 Å². The van der Waals surface area contributed by atoms with E-state index in [1.807, 2.05) is 74.3 Å². The molecule has 7 heteroatoms. The first-order chi connectivity index (χ1) is 16.1. The first-order valence-corrected chi connectivity index (χ1v) is 11.4. The van der Waals surface area contributed by atoms with Crippen LogP contribution >= 0.6 is 0 Å². The number of para-hydroxylation sites is 1. The lowest BCUT2D eigenvalue weighted by molar-refractivity contribution is 0.0744. The average molecular weight is 446 g/mol. The summed E-state index contributed by atoms with van der Waals surface area (Å²) in [7, 11) is 1.61. The molecular formula is C26H31N5O2. The Labute approximate surface area is 195 Å². The maximum Gasteiger partial charge on any atom is 0.287 e. The molecule has 1 N–H and O–H groups in total. The molecule has 1 aromatic heterocycles. The zero-order valence-corrected chi connectivity index (χ0v) is 19.8. The topological polar surface area (TPSA) is 83.2 Å². The van der Waals surface area contributed by atoms with Gasteiger partial charge in [0.25, 0.3) is 5.91 Å². The van der Waals surface area contributed by atoms with Gasteiger partial charge in [0, 0.05) is 18.7 Å². The van der Waals surface area contributed by atoms with E-state index in [1.165, 1.54) is 6.42 Å². The van der Waals surface area contributed by atoms with Crippen LogP contribution in [0.3, 0.4) is 0 Å². The number of carbonyl (C=O) groups is 1. The quantitative estimate of drug-likeness (QED) is 0.605. The summed E-state index contributed by atoms with van der Waals surface area (Å²) < 4.78 is 6.96. The summed E-state index contributed by atoms with van der Waals surface area (Å²) in [5, 5.41) is 16.6. The van der Waals surface area contributed by atoms with E-state index in [0.29, 0.717) is 11.4 Å².